The standard InChI is InChI=1S/C10H17N3/c1-10(6-8-12)13(2)9-5-3-4-7-11/h10H,3-6,9H2,1-2H3. The van der Waals surface area contributed by atoms with Crippen LogP contribution in [0, 0.1) is 22.7 Å². The molecule has 0 N–H and O–H groups in total. The smallest absolute Gasteiger partial charge is 0.0638 e. The zero-order chi connectivity index (χ0) is 10.1. The van der Waals surface area contributed by atoms with E-state index in [4.69, 9.17) is 10.5 Å². The van der Waals surface area contributed by atoms with E-state index in [0.717, 1.165) is 19.4 Å². The SMILES string of the molecule is CC(CC#N)N(C)CCCCC#N. The van der Waals surface area contributed by atoms with Crippen LogP contribution in [0.5, 0.6) is 0 Å². The van der Waals surface area contributed by atoms with E-state index >= 15 is 0 Å². The van der Waals surface area contributed by atoms with E-state index in [1.807, 2.05) is 14.0 Å². The average Bonchev–Trinajstić information content (AvgIpc) is 2.12. The number of hydrogen-bond donors (Lipinski definition) is 0. The minimum atomic E-state index is 0.326. The van der Waals surface area contributed by atoms with E-state index in [0.29, 0.717) is 18.9 Å². The third kappa shape index (κ3) is 6.13. The Labute approximate surface area is 80.6 Å². The van der Waals surface area contributed by atoms with E-state index in [2.05, 4.69) is 17.0 Å². The van der Waals surface area contributed by atoms with Gasteiger partial charge in [-0.2, -0.15) is 10.5 Å². The third-order valence-corrected chi connectivity index (χ3v) is 2.19. The number of unbranched alkanes of at least 4 members (excludes halogenated alkanes) is 2. The second-order valence-corrected chi connectivity index (χ2v) is 3.31. The summed E-state index contributed by atoms with van der Waals surface area (Å²) in [5.74, 6) is 0. The van der Waals surface area contributed by atoms with Crippen molar-refractivity contribution in [2.75, 3.05) is 13.6 Å². The van der Waals surface area contributed by atoms with Gasteiger partial charge >= 0.3 is 0 Å². The molecule has 3 heteroatoms. The molecule has 3 nitrogen and oxygen atoms in total. The van der Waals surface area contributed by atoms with Gasteiger partial charge < -0.3 is 4.90 Å². The summed E-state index contributed by atoms with van der Waals surface area (Å²) in [4.78, 5) is 2.17. The Bertz CT molecular complexity index is 199. The van der Waals surface area contributed by atoms with Gasteiger partial charge in [0.25, 0.3) is 0 Å². The molecule has 0 rings (SSSR count). The van der Waals surface area contributed by atoms with E-state index in [1.165, 1.54) is 0 Å². The number of hydrogen-bond acceptors (Lipinski definition) is 3. The first-order valence-electron chi connectivity index (χ1n) is 4.66. The Kier molecular flexibility index (Phi) is 6.96. The summed E-state index contributed by atoms with van der Waals surface area (Å²) in [5, 5.41) is 16.8. The lowest BCUT2D eigenvalue weighted by atomic mass is 10.2. The first-order chi connectivity index (χ1) is 6.22. The van der Waals surface area contributed by atoms with Crippen molar-refractivity contribution in [3.8, 4) is 12.1 Å². The fraction of sp³-hybridized carbons (Fsp3) is 0.800. The van der Waals surface area contributed by atoms with Gasteiger partial charge in [0.15, 0.2) is 0 Å². The van der Waals surface area contributed by atoms with Crippen LogP contribution in [0.2, 0.25) is 0 Å². The molecule has 13 heavy (non-hydrogen) atoms. The molecule has 1 atom stereocenters. The van der Waals surface area contributed by atoms with Crippen LogP contribution in [0.25, 0.3) is 0 Å². The van der Waals surface area contributed by atoms with Crippen molar-refractivity contribution in [3.05, 3.63) is 0 Å². The van der Waals surface area contributed by atoms with Crippen LogP contribution >= 0.6 is 0 Å². The molecule has 0 fully saturated rings. The van der Waals surface area contributed by atoms with Crippen molar-refractivity contribution in [1.29, 1.82) is 10.5 Å². The lowest BCUT2D eigenvalue weighted by Gasteiger charge is -2.21. The molecule has 0 radical (unpaired) electrons. The highest BCUT2D eigenvalue weighted by Crippen LogP contribution is 2.03. The van der Waals surface area contributed by atoms with Gasteiger partial charge in [-0.25, -0.2) is 0 Å². The van der Waals surface area contributed by atoms with Crippen LogP contribution in [0.4, 0.5) is 0 Å². The van der Waals surface area contributed by atoms with Gasteiger partial charge in [0.2, 0.25) is 0 Å². The van der Waals surface area contributed by atoms with Crippen LogP contribution in [0.15, 0.2) is 0 Å². The molecule has 0 bridgehead atoms. The summed E-state index contributed by atoms with van der Waals surface area (Å²) in [6.45, 7) is 3.03. The van der Waals surface area contributed by atoms with Gasteiger partial charge in [0, 0.05) is 12.5 Å². The van der Waals surface area contributed by atoms with Crippen LogP contribution in [0.1, 0.15) is 32.6 Å². The molecule has 0 aliphatic heterocycles. The Balaban J connectivity index is 3.46. The van der Waals surface area contributed by atoms with Gasteiger partial charge in [-0.05, 0) is 33.4 Å². The van der Waals surface area contributed by atoms with Gasteiger partial charge in [-0.15, -0.1) is 0 Å². The second kappa shape index (κ2) is 7.58. The lowest BCUT2D eigenvalue weighted by Crippen LogP contribution is -2.29. The summed E-state index contributed by atoms with van der Waals surface area (Å²) in [6, 6.07) is 4.61. The molecular weight excluding hydrogens is 162 g/mol. The van der Waals surface area contributed by atoms with Crippen LogP contribution in [-0.4, -0.2) is 24.5 Å². The number of nitriles is 2. The molecule has 0 heterocycles. The maximum atomic E-state index is 8.48. The summed E-state index contributed by atoms with van der Waals surface area (Å²) < 4.78 is 0. The highest BCUT2D eigenvalue weighted by Gasteiger charge is 2.06. The van der Waals surface area contributed by atoms with E-state index in [-0.39, 0.29) is 0 Å². The molecule has 0 aromatic rings. The highest BCUT2D eigenvalue weighted by molar-refractivity contribution is 4.78. The van der Waals surface area contributed by atoms with Gasteiger partial charge in [-0.3, -0.25) is 0 Å². The van der Waals surface area contributed by atoms with Crippen molar-refractivity contribution >= 4 is 0 Å². The summed E-state index contributed by atoms with van der Waals surface area (Å²) in [7, 11) is 2.02. The van der Waals surface area contributed by atoms with Crippen molar-refractivity contribution in [2.24, 2.45) is 0 Å². The fourth-order valence-corrected chi connectivity index (χ4v) is 1.07. The average molecular weight is 179 g/mol. The Morgan fingerprint density at radius 1 is 1.23 bits per heavy atom. The highest BCUT2D eigenvalue weighted by atomic mass is 15.1. The zero-order valence-electron chi connectivity index (χ0n) is 8.45. The Hall–Kier alpha value is -1.06. The lowest BCUT2D eigenvalue weighted by molar-refractivity contribution is 0.256. The van der Waals surface area contributed by atoms with E-state index < -0.39 is 0 Å². The van der Waals surface area contributed by atoms with Crippen molar-refractivity contribution in [2.45, 2.75) is 38.6 Å². The van der Waals surface area contributed by atoms with Crippen LogP contribution in [0.3, 0.4) is 0 Å². The predicted octanol–water partition coefficient (Wildman–Crippen LogP) is 1.91. The summed E-state index contributed by atoms with van der Waals surface area (Å²) >= 11 is 0. The first-order valence-corrected chi connectivity index (χ1v) is 4.66. The molecule has 0 aromatic heterocycles. The maximum Gasteiger partial charge on any atom is 0.0638 e. The van der Waals surface area contributed by atoms with Gasteiger partial charge in [0.05, 0.1) is 18.6 Å². The molecule has 0 aliphatic carbocycles. The molecule has 0 saturated carbocycles. The largest absolute Gasteiger partial charge is 0.303 e. The van der Waals surface area contributed by atoms with Crippen LogP contribution in [-0.2, 0) is 0 Å². The normalized spacial score (nSPS) is 12.1. The second-order valence-electron chi connectivity index (χ2n) is 3.31. The van der Waals surface area contributed by atoms with Crippen molar-refractivity contribution in [3.63, 3.8) is 0 Å². The Morgan fingerprint density at radius 3 is 2.46 bits per heavy atom. The van der Waals surface area contributed by atoms with E-state index in [1.54, 1.807) is 0 Å². The molecule has 0 saturated heterocycles. The monoisotopic (exact) mass is 179 g/mol. The minimum absolute atomic E-state index is 0.326. The van der Waals surface area contributed by atoms with Crippen LogP contribution < -0.4 is 0 Å². The minimum Gasteiger partial charge on any atom is -0.303 e. The molecule has 1 unspecified atom stereocenters. The van der Waals surface area contributed by atoms with Crippen molar-refractivity contribution in [1.82, 2.24) is 4.90 Å². The maximum absolute atomic E-state index is 8.48. The fourth-order valence-electron chi connectivity index (χ4n) is 1.07. The van der Waals surface area contributed by atoms with Crippen molar-refractivity contribution < 1.29 is 0 Å². The summed E-state index contributed by atoms with van der Waals surface area (Å²) in [6.07, 6.45) is 3.22. The number of nitrogens with zero attached hydrogens (tertiary/aromatic N) is 3. The molecule has 0 amide bonds. The molecule has 0 aliphatic rings. The van der Waals surface area contributed by atoms with E-state index in [9.17, 15) is 0 Å². The molecule has 72 valence electrons. The molecule has 0 aromatic carbocycles. The van der Waals surface area contributed by atoms with Gasteiger partial charge in [-0.1, -0.05) is 0 Å². The third-order valence-electron chi connectivity index (χ3n) is 2.19. The zero-order valence-corrected chi connectivity index (χ0v) is 8.45. The topological polar surface area (TPSA) is 50.8 Å². The summed E-state index contributed by atoms with van der Waals surface area (Å²) in [5.41, 5.74) is 0. The quantitative estimate of drug-likeness (QED) is 0.585. The number of rotatable bonds is 6. The molecule has 0 spiro atoms. The Morgan fingerprint density at radius 2 is 1.92 bits per heavy atom. The molecular formula is C10H17N3. The van der Waals surface area contributed by atoms with Gasteiger partial charge in [0.1, 0.15) is 0 Å². The predicted molar refractivity (Wildman–Crippen MR) is 51.8 cm³/mol. The first kappa shape index (κ1) is 11.9.